The average Bonchev–Trinajstić information content (AvgIpc) is 3.13. The van der Waals surface area contributed by atoms with E-state index in [9.17, 15) is 9.59 Å². The van der Waals surface area contributed by atoms with E-state index in [-0.39, 0.29) is 18.0 Å². The van der Waals surface area contributed by atoms with Crippen LogP contribution in [0.4, 0.5) is 5.69 Å². The molecule has 0 aliphatic rings. The second-order valence-electron chi connectivity index (χ2n) is 6.69. The van der Waals surface area contributed by atoms with Crippen LogP contribution in [0, 0.1) is 13.8 Å². The molecular formula is C22H19N3O2S. The summed E-state index contributed by atoms with van der Waals surface area (Å²) in [5, 5.41) is 5.41. The van der Waals surface area contributed by atoms with Crippen molar-refractivity contribution in [2.75, 3.05) is 5.32 Å². The summed E-state index contributed by atoms with van der Waals surface area (Å²) in [6.45, 7) is 3.80. The molecule has 5 nitrogen and oxygen atoms in total. The molecular weight excluding hydrogens is 370 g/mol. The van der Waals surface area contributed by atoms with Gasteiger partial charge in [0, 0.05) is 16.6 Å². The van der Waals surface area contributed by atoms with Gasteiger partial charge in [0.15, 0.2) is 0 Å². The molecule has 0 fully saturated rings. The Kier molecular flexibility index (Phi) is 4.79. The van der Waals surface area contributed by atoms with Crippen molar-refractivity contribution in [2.24, 2.45) is 0 Å². The van der Waals surface area contributed by atoms with Gasteiger partial charge in [0.2, 0.25) is 5.91 Å². The molecule has 0 aliphatic carbocycles. The normalized spacial score (nSPS) is 10.9. The first-order chi connectivity index (χ1) is 13.5. The highest BCUT2D eigenvalue weighted by Crippen LogP contribution is 2.30. The van der Waals surface area contributed by atoms with Crippen LogP contribution in [0.2, 0.25) is 0 Å². The summed E-state index contributed by atoms with van der Waals surface area (Å²) in [4.78, 5) is 30.7. The van der Waals surface area contributed by atoms with Crippen LogP contribution in [0.25, 0.3) is 21.3 Å². The quantitative estimate of drug-likeness (QED) is 0.563. The molecule has 0 atom stereocenters. The van der Waals surface area contributed by atoms with Gasteiger partial charge < -0.3 is 5.32 Å². The maximum absolute atomic E-state index is 13.1. The van der Waals surface area contributed by atoms with Crippen molar-refractivity contribution in [3.8, 4) is 11.1 Å². The third-order valence-electron chi connectivity index (χ3n) is 4.70. The number of hydrogen-bond acceptors (Lipinski definition) is 4. The molecule has 0 aliphatic heterocycles. The van der Waals surface area contributed by atoms with E-state index < -0.39 is 0 Å². The van der Waals surface area contributed by atoms with Crippen molar-refractivity contribution in [3.63, 3.8) is 0 Å². The predicted molar refractivity (Wildman–Crippen MR) is 114 cm³/mol. The maximum atomic E-state index is 13.1. The van der Waals surface area contributed by atoms with Crippen molar-refractivity contribution in [1.82, 2.24) is 9.55 Å². The van der Waals surface area contributed by atoms with Crippen molar-refractivity contribution < 1.29 is 4.79 Å². The number of nitrogens with zero attached hydrogens (tertiary/aromatic N) is 2. The number of fused-ring (bicyclic) bond motifs is 1. The summed E-state index contributed by atoms with van der Waals surface area (Å²) in [7, 11) is 0. The molecule has 2 aromatic heterocycles. The minimum atomic E-state index is -0.253. The first-order valence-corrected chi connectivity index (χ1v) is 9.80. The molecule has 4 rings (SSSR count). The summed E-state index contributed by atoms with van der Waals surface area (Å²) < 4.78 is 1.37. The molecule has 0 spiro atoms. The Bertz CT molecular complexity index is 1210. The number of aromatic nitrogens is 2. The van der Waals surface area contributed by atoms with Crippen LogP contribution in [-0.4, -0.2) is 15.5 Å². The smallest absolute Gasteiger partial charge is 0.263 e. The van der Waals surface area contributed by atoms with Gasteiger partial charge in [0.25, 0.3) is 5.56 Å². The van der Waals surface area contributed by atoms with Crippen LogP contribution in [0.15, 0.2) is 65.0 Å². The van der Waals surface area contributed by atoms with Gasteiger partial charge in [-0.3, -0.25) is 14.2 Å². The van der Waals surface area contributed by atoms with Gasteiger partial charge in [-0.15, -0.1) is 11.3 Å². The van der Waals surface area contributed by atoms with Crippen molar-refractivity contribution in [2.45, 2.75) is 20.4 Å². The number of para-hydroxylation sites is 1. The van der Waals surface area contributed by atoms with E-state index >= 15 is 0 Å². The largest absolute Gasteiger partial charge is 0.324 e. The number of carbonyl (C=O) groups excluding carboxylic acids is 1. The first kappa shape index (κ1) is 18.1. The second-order valence-corrected chi connectivity index (χ2v) is 7.55. The van der Waals surface area contributed by atoms with Gasteiger partial charge >= 0.3 is 0 Å². The summed E-state index contributed by atoms with van der Waals surface area (Å²) in [6.07, 6.45) is 1.44. The number of nitrogens with one attached hydrogen (secondary N) is 1. The van der Waals surface area contributed by atoms with E-state index in [4.69, 9.17) is 0 Å². The number of hydrogen-bond donors (Lipinski definition) is 1. The second kappa shape index (κ2) is 7.40. The molecule has 140 valence electrons. The van der Waals surface area contributed by atoms with E-state index in [1.54, 1.807) is 0 Å². The van der Waals surface area contributed by atoms with Crippen molar-refractivity contribution >= 4 is 33.1 Å². The molecule has 4 aromatic rings. The van der Waals surface area contributed by atoms with E-state index in [0.717, 1.165) is 27.9 Å². The Labute approximate surface area is 166 Å². The summed E-state index contributed by atoms with van der Waals surface area (Å²) in [5.41, 5.74) is 4.36. The molecule has 28 heavy (non-hydrogen) atoms. The molecule has 6 heteroatoms. The van der Waals surface area contributed by atoms with Crippen LogP contribution < -0.4 is 10.9 Å². The number of thiophene rings is 1. The maximum Gasteiger partial charge on any atom is 0.263 e. The van der Waals surface area contributed by atoms with Crippen LogP contribution in [0.3, 0.4) is 0 Å². The first-order valence-electron chi connectivity index (χ1n) is 8.92. The zero-order valence-electron chi connectivity index (χ0n) is 15.6. The zero-order chi connectivity index (χ0) is 19.7. The molecule has 1 N–H and O–H groups in total. The topological polar surface area (TPSA) is 64.0 Å². The third-order valence-corrected chi connectivity index (χ3v) is 5.59. The highest BCUT2D eigenvalue weighted by Gasteiger charge is 2.15. The van der Waals surface area contributed by atoms with Crippen LogP contribution >= 0.6 is 11.3 Å². The monoisotopic (exact) mass is 389 g/mol. The number of aryl methyl sites for hydroxylation is 2. The lowest BCUT2D eigenvalue weighted by atomic mass is 10.1. The lowest BCUT2D eigenvalue weighted by Gasteiger charge is -2.12. The van der Waals surface area contributed by atoms with Gasteiger partial charge in [0.05, 0.1) is 11.7 Å². The van der Waals surface area contributed by atoms with Gasteiger partial charge in [-0.05, 0) is 30.5 Å². The van der Waals surface area contributed by atoms with Gasteiger partial charge in [-0.25, -0.2) is 4.98 Å². The molecule has 2 heterocycles. The molecule has 1 amide bonds. The fourth-order valence-corrected chi connectivity index (χ4v) is 4.16. The number of anilines is 1. The zero-order valence-corrected chi connectivity index (χ0v) is 16.4. The SMILES string of the molecule is Cc1cccc(C)c1NC(=O)Cn1cnc2scc(-c3ccccc3)c2c1=O. The Morgan fingerprint density at radius 2 is 1.79 bits per heavy atom. The standard InChI is InChI=1S/C22H19N3O2S/c1-14-7-6-8-15(2)20(14)24-18(26)11-25-13-23-21-19(22(25)27)17(12-28-21)16-9-4-3-5-10-16/h3-10,12-13H,11H2,1-2H3,(H,24,26). The van der Waals surface area contributed by atoms with Crippen molar-refractivity contribution in [1.29, 1.82) is 0 Å². The lowest BCUT2D eigenvalue weighted by molar-refractivity contribution is -0.116. The molecule has 2 aromatic carbocycles. The number of carbonyl (C=O) groups is 1. The Morgan fingerprint density at radius 1 is 1.07 bits per heavy atom. The van der Waals surface area contributed by atoms with Gasteiger partial charge in [-0.1, -0.05) is 48.5 Å². The fraction of sp³-hybridized carbons (Fsp3) is 0.136. The van der Waals surface area contributed by atoms with Crippen LogP contribution in [0.1, 0.15) is 11.1 Å². The summed E-state index contributed by atoms with van der Waals surface area (Å²) in [6, 6.07) is 15.6. The van der Waals surface area contributed by atoms with E-state index in [1.807, 2.05) is 67.8 Å². The molecule has 0 saturated heterocycles. The minimum absolute atomic E-state index is 0.0837. The summed E-state index contributed by atoms with van der Waals surface area (Å²) in [5.74, 6) is -0.253. The van der Waals surface area contributed by atoms with Crippen molar-refractivity contribution in [3.05, 3.63) is 81.7 Å². The van der Waals surface area contributed by atoms with E-state index in [2.05, 4.69) is 10.3 Å². The number of benzene rings is 2. The summed E-state index contributed by atoms with van der Waals surface area (Å²) >= 11 is 1.43. The van der Waals surface area contributed by atoms with Crippen LogP contribution in [0.5, 0.6) is 0 Å². The highest BCUT2D eigenvalue weighted by atomic mass is 32.1. The average molecular weight is 389 g/mol. The lowest BCUT2D eigenvalue weighted by Crippen LogP contribution is -2.28. The Morgan fingerprint density at radius 3 is 2.50 bits per heavy atom. The molecule has 0 bridgehead atoms. The van der Waals surface area contributed by atoms with Gasteiger partial charge in [0.1, 0.15) is 11.4 Å². The minimum Gasteiger partial charge on any atom is -0.324 e. The van der Waals surface area contributed by atoms with Gasteiger partial charge in [-0.2, -0.15) is 0 Å². The fourth-order valence-electron chi connectivity index (χ4n) is 3.26. The number of rotatable bonds is 4. The number of amides is 1. The molecule has 0 radical (unpaired) electrons. The highest BCUT2D eigenvalue weighted by molar-refractivity contribution is 7.17. The predicted octanol–water partition coefficient (Wildman–Crippen LogP) is 4.38. The Balaban J connectivity index is 1.67. The third kappa shape index (κ3) is 3.34. The van der Waals surface area contributed by atoms with E-state index in [0.29, 0.717) is 10.2 Å². The molecule has 0 unspecified atom stereocenters. The molecule has 0 saturated carbocycles. The Hall–Kier alpha value is -3.25. The van der Waals surface area contributed by atoms with Crippen LogP contribution in [-0.2, 0) is 11.3 Å². The van der Waals surface area contributed by atoms with E-state index in [1.165, 1.54) is 22.2 Å².